The fraction of sp³-hybridized carbons (Fsp3) is 0.368. The van der Waals surface area contributed by atoms with Crippen molar-refractivity contribution in [2.24, 2.45) is 0 Å². The molecule has 0 spiro atoms. The molecule has 0 aliphatic heterocycles. The Kier molecular flexibility index (Phi) is 8.72. The standard InChI is InChI=1S/C19H24ClNO5/c1-6-9-21-19(23)13(4)26-17(22)8-7-14-10-15(20)18(25-12(2)3)16(11-14)24-5/h6-8,10-13H,1,9H2,2-5H3,(H,21,23)/b8-7+/t13-/m0/s1. The van der Waals surface area contributed by atoms with Crippen molar-refractivity contribution in [1.82, 2.24) is 5.32 Å². The number of halogens is 1. The molecule has 26 heavy (non-hydrogen) atoms. The second-order valence-corrected chi connectivity index (χ2v) is 6.05. The molecule has 1 aromatic rings. The highest BCUT2D eigenvalue weighted by atomic mass is 35.5. The number of hydrogen-bond donors (Lipinski definition) is 1. The number of carbonyl (C=O) groups excluding carboxylic acids is 2. The van der Waals surface area contributed by atoms with Crippen molar-refractivity contribution in [3.63, 3.8) is 0 Å². The molecule has 0 bridgehead atoms. The van der Waals surface area contributed by atoms with Gasteiger partial charge in [-0.15, -0.1) is 6.58 Å². The van der Waals surface area contributed by atoms with Crippen LogP contribution in [0.3, 0.4) is 0 Å². The molecule has 0 aliphatic carbocycles. The maximum Gasteiger partial charge on any atom is 0.331 e. The van der Waals surface area contributed by atoms with E-state index >= 15 is 0 Å². The summed E-state index contributed by atoms with van der Waals surface area (Å²) >= 11 is 6.23. The summed E-state index contributed by atoms with van der Waals surface area (Å²) in [7, 11) is 1.50. The number of hydrogen-bond acceptors (Lipinski definition) is 5. The Morgan fingerprint density at radius 2 is 2.00 bits per heavy atom. The van der Waals surface area contributed by atoms with Gasteiger partial charge >= 0.3 is 5.97 Å². The fourth-order valence-corrected chi connectivity index (χ4v) is 2.20. The van der Waals surface area contributed by atoms with Gasteiger partial charge in [0.25, 0.3) is 5.91 Å². The Morgan fingerprint density at radius 3 is 2.58 bits per heavy atom. The van der Waals surface area contributed by atoms with Crippen LogP contribution >= 0.6 is 11.6 Å². The Hall–Kier alpha value is -2.47. The molecule has 0 heterocycles. The van der Waals surface area contributed by atoms with E-state index in [1.807, 2.05) is 13.8 Å². The number of ether oxygens (including phenoxy) is 3. The molecule has 7 heteroatoms. The summed E-state index contributed by atoms with van der Waals surface area (Å²) in [5.41, 5.74) is 0.628. The summed E-state index contributed by atoms with van der Waals surface area (Å²) in [4.78, 5) is 23.5. The van der Waals surface area contributed by atoms with Crippen LogP contribution in [0.2, 0.25) is 5.02 Å². The van der Waals surface area contributed by atoms with E-state index in [1.54, 1.807) is 12.1 Å². The highest BCUT2D eigenvalue weighted by Gasteiger charge is 2.16. The van der Waals surface area contributed by atoms with Crippen molar-refractivity contribution in [1.29, 1.82) is 0 Å². The lowest BCUT2D eigenvalue weighted by atomic mass is 10.2. The van der Waals surface area contributed by atoms with Gasteiger partial charge in [-0.3, -0.25) is 4.79 Å². The first-order chi connectivity index (χ1) is 12.3. The van der Waals surface area contributed by atoms with E-state index in [4.69, 9.17) is 25.8 Å². The number of carbonyl (C=O) groups is 2. The van der Waals surface area contributed by atoms with Crippen molar-refractivity contribution in [3.05, 3.63) is 41.4 Å². The van der Waals surface area contributed by atoms with Crippen molar-refractivity contribution < 1.29 is 23.8 Å². The highest BCUT2D eigenvalue weighted by molar-refractivity contribution is 6.32. The monoisotopic (exact) mass is 381 g/mol. The van der Waals surface area contributed by atoms with Gasteiger partial charge in [0.1, 0.15) is 0 Å². The lowest BCUT2D eigenvalue weighted by Crippen LogP contribution is -2.35. The average molecular weight is 382 g/mol. The summed E-state index contributed by atoms with van der Waals surface area (Å²) in [5, 5.41) is 2.91. The van der Waals surface area contributed by atoms with Gasteiger partial charge in [0.05, 0.1) is 18.2 Å². The minimum absolute atomic E-state index is 0.0634. The van der Waals surface area contributed by atoms with Crippen LogP contribution in [-0.4, -0.2) is 37.7 Å². The molecule has 0 aliphatic rings. The molecule has 1 amide bonds. The Bertz CT molecular complexity index is 685. The molecule has 0 unspecified atom stereocenters. The van der Waals surface area contributed by atoms with E-state index in [0.29, 0.717) is 28.6 Å². The topological polar surface area (TPSA) is 73.9 Å². The van der Waals surface area contributed by atoms with Gasteiger partial charge in [0, 0.05) is 12.6 Å². The van der Waals surface area contributed by atoms with E-state index in [1.165, 1.54) is 32.3 Å². The molecular formula is C19H24ClNO5. The number of methoxy groups -OCH3 is 1. The quantitative estimate of drug-likeness (QED) is 0.403. The predicted octanol–water partition coefficient (Wildman–Crippen LogP) is 3.38. The third-order valence-corrected chi connectivity index (χ3v) is 3.38. The first kappa shape index (κ1) is 21.6. The van der Waals surface area contributed by atoms with Crippen LogP contribution in [0.4, 0.5) is 0 Å². The van der Waals surface area contributed by atoms with Crippen molar-refractivity contribution in [2.45, 2.75) is 33.0 Å². The maximum absolute atomic E-state index is 11.9. The van der Waals surface area contributed by atoms with Crippen LogP contribution in [-0.2, 0) is 14.3 Å². The van der Waals surface area contributed by atoms with Crippen LogP contribution in [0.25, 0.3) is 6.08 Å². The average Bonchev–Trinajstić information content (AvgIpc) is 2.59. The van der Waals surface area contributed by atoms with Gasteiger partial charge in [-0.05, 0) is 44.5 Å². The Balaban J connectivity index is 2.81. The van der Waals surface area contributed by atoms with Gasteiger partial charge in [-0.1, -0.05) is 17.7 Å². The second-order valence-electron chi connectivity index (χ2n) is 5.65. The summed E-state index contributed by atoms with van der Waals surface area (Å²) < 4.78 is 16.0. The SMILES string of the molecule is C=CCNC(=O)[C@H](C)OC(=O)/C=C/c1cc(Cl)c(OC(C)C)c(OC)c1. The number of amides is 1. The Morgan fingerprint density at radius 1 is 1.31 bits per heavy atom. The Labute approximate surface area is 158 Å². The van der Waals surface area contributed by atoms with Gasteiger partial charge in [-0.2, -0.15) is 0 Å². The lowest BCUT2D eigenvalue weighted by molar-refractivity contribution is -0.150. The van der Waals surface area contributed by atoms with Crippen molar-refractivity contribution in [3.8, 4) is 11.5 Å². The van der Waals surface area contributed by atoms with E-state index in [9.17, 15) is 9.59 Å². The molecule has 0 saturated heterocycles. The first-order valence-corrected chi connectivity index (χ1v) is 8.47. The van der Waals surface area contributed by atoms with E-state index in [0.717, 1.165) is 0 Å². The second kappa shape index (κ2) is 10.5. The largest absolute Gasteiger partial charge is 0.493 e. The first-order valence-electron chi connectivity index (χ1n) is 8.10. The zero-order chi connectivity index (χ0) is 19.7. The fourth-order valence-electron chi connectivity index (χ4n) is 1.93. The van der Waals surface area contributed by atoms with Crippen LogP contribution in [0.5, 0.6) is 11.5 Å². The number of nitrogens with one attached hydrogen (secondary N) is 1. The van der Waals surface area contributed by atoms with Gasteiger partial charge < -0.3 is 19.5 Å². The molecule has 6 nitrogen and oxygen atoms in total. The number of esters is 1. The molecular weight excluding hydrogens is 358 g/mol. The molecule has 0 saturated carbocycles. The van der Waals surface area contributed by atoms with Crippen molar-refractivity contribution in [2.75, 3.05) is 13.7 Å². The molecule has 0 aromatic heterocycles. The summed E-state index contributed by atoms with van der Waals surface area (Å²) in [5.74, 6) is -0.150. The van der Waals surface area contributed by atoms with Crippen molar-refractivity contribution >= 4 is 29.6 Å². The van der Waals surface area contributed by atoms with E-state index in [-0.39, 0.29) is 6.10 Å². The summed E-state index contributed by atoms with van der Waals surface area (Å²) in [6.45, 7) is 9.05. The predicted molar refractivity (Wildman–Crippen MR) is 102 cm³/mol. The van der Waals surface area contributed by atoms with Gasteiger partial charge in [0.15, 0.2) is 17.6 Å². The number of benzene rings is 1. The molecule has 1 N–H and O–H groups in total. The lowest BCUT2D eigenvalue weighted by Gasteiger charge is -2.15. The molecule has 1 aromatic carbocycles. The van der Waals surface area contributed by atoms with E-state index in [2.05, 4.69) is 11.9 Å². The highest BCUT2D eigenvalue weighted by Crippen LogP contribution is 2.37. The van der Waals surface area contributed by atoms with Gasteiger partial charge in [-0.25, -0.2) is 4.79 Å². The van der Waals surface area contributed by atoms with Crippen LogP contribution in [0.1, 0.15) is 26.3 Å². The normalized spacial score (nSPS) is 11.9. The molecule has 0 radical (unpaired) electrons. The number of rotatable bonds is 9. The minimum Gasteiger partial charge on any atom is -0.493 e. The molecule has 1 atom stereocenters. The van der Waals surface area contributed by atoms with E-state index < -0.39 is 18.0 Å². The maximum atomic E-state index is 11.9. The minimum atomic E-state index is -0.910. The smallest absolute Gasteiger partial charge is 0.331 e. The van der Waals surface area contributed by atoms with Gasteiger partial charge in [0.2, 0.25) is 0 Å². The summed E-state index contributed by atoms with van der Waals surface area (Å²) in [6.07, 6.45) is 3.30. The van der Waals surface area contributed by atoms with Crippen LogP contribution in [0, 0.1) is 0 Å². The third kappa shape index (κ3) is 6.80. The molecule has 1 rings (SSSR count). The molecule has 142 valence electrons. The summed E-state index contributed by atoms with van der Waals surface area (Å²) in [6, 6.07) is 3.33. The van der Waals surface area contributed by atoms with Crippen LogP contribution < -0.4 is 14.8 Å². The zero-order valence-electron chi connectivity index (χ0n) is 15.4. The third-order valence-electron chi connectivity index (χ3n) is 3.10. The van der Waals surface area contributed by atoms with Crippen LogP contribution in [0.15, 0.2) is 30.9 Å². The zero-order valence-corrected chi connectivity index (χ0v) is 16.1. The molecule has 0 fully saturated rings.